The summed E-state index contributed by atoms with van der Waals surface area (Å²) in [6.45, 7) is 11.8. The zero-order valence-electron chi connectivity index (χ0n) is 21.3. The first kappa shape index (κ1) is 24.2. The number of phenols is 2. The van der Waals surface area contributed by atoms with Crippen LogP contribution in [0.3, 0.4) is 0 Å². The molecule has 0 radical (unpaired) electrons. The molecule has 6 heteroatoms. The highest BCUT2D eigenvalue weighted by atomic mass is 32.1. The van der Waals surface area contributed by atoms with E-state index in [2.05, 4.69) is 39.6 Å². The highest BCUT2D eigenvalue weighted by molar-refractivity contribution is 7.21. The molecule has 0 atom stereocenters. The minimum atomic E-state index is -0.0946. The van der Waals surface area contributed by atoms with Gasteiger partial charge in [-0.15, -0.1) is 11.3 Å². The molecule has 0 amide bonds. The lowest BCUT2D eigenvalue weighted by atomic mass is 9.71. The lowest BCUT2D eigenvalue weighted by Gasteiger charge is -2.30. The third kappa shape index (κ3) is 4.65. The van der Waals surface area contributed by atoms with Crippen molar-refractivity contribution in [1.29, 1.82) is 0 Å². The highest BCUT2D eigenvalue weighted by Gasteiger charge is 2.41. The van der Waals surface area contributed by atoms with Crippen LogP contribution in [0.5, 0.6) is 17.2 Å². The largest absolute Gasteiger partial charge is 0.508 e. The Morgan fingerprint density at radius 1 is 1.03 bits per heavy atom. The molecule has 0 fully saturated rings. The Bertz CT molecular complexity index is 1440. The van der Waals surface area contributed by atoms with Crippen molar-refractivity contribution in [2.24, 2.45) is 10.8 Å². The minimum Gasteiger partial charge on any atom is -0.508 e. The first-order valence-electron chi connectivity index (χ1n) is 12.0. The first-order valence-corrected chi connectivity index (χ1v) is 12.9. The average molecular weight is 502 g/mol. The molecule has 5 rings (SSSR count). The fourth-order valence-electron chi connectivity index (χ4n) is 5.09. The topological polar surface area (TPSA) is 71.8 Å². The zero-order valence-corrected chi connectivity index (χ0v) is 22.1. The Morgan fingerprint density at radius 3 is 2.53 bits per heavy atom. The predicted molar refractivity (Wildman–Crippen MR) is 145 cm³/mol. The molecule has 186 valence electrons. The van der Waals surface area contributed by atoms with Gasteiger partial charge in [-0.05, 0) is 52.9 Å². The molecule has 1 aromatic heterocycles. The van der Waals surface area contributed by atoms with Crippen LogP contribution in [0.25, 0.3) is 26.5 Å². The summed E-state index contributed by atoms with van der Waals surface area (Å²) in [7, 11) is 0. The monoisotopic (exact) mass is 501 g/mol. The van der Waals surface area contributed by atoms with Gasteiger partial charge < -0.3 is 19.7 Å². The van der Waals surface area contributed by atoms with E-state index in [-0.39, 0.29) is 28.9 Å². The van der Waals surface area contributed by atoms with E-state index in [1.165, 1.54) is 5.57 Å². The Morgan fingerprint density at radius 2 is 1.81 bits per heavy atom. The van der Waals surface area contributed by atoms with E-state index < -0.39 is 0 Å². The third-order valence-corrected chi connectivity index (χ3v) is 7.45. The van der Waals surface area contributed by atoms with Crippen LogP contribution in [-0.2, 0) is 11.3 Å². The molecule has 2 heterocycles. The number of fused-ring (bicyclic) bond motifs is 1. The van der Waals surface area contributed by atoms with Gasteiger partial charge in [0.05, 0.1) is 22.4 Å². The van der Waals surface area contributed by atoms with Gasteiger partial charge >= 0.3 is 0 Å². The summed E-state index contributed by atoms with van der Waals surface area (Å²) >= 11 is 1.55. The van der Waals surface area contributed by atoms with Crippen molar-refractivity contribution < 1.29 is 19.7 Å². The van der Waals surface area contributed by atoms with Gasteiger partial charge in [0.2, 0.25) is 0 Å². The van der Waals surface area contributed by atoms with Crippen molar-refractivity contribution in [3.05, 3.63) is 77.4 Å². The Balaban J connectivity index is 1.38. The van der Waals surface area contributed by atoms with Crippen LogP contribution in [0.4, 0.5) is 0 Å². The zero-order chi connectivity index (χ0) is 25.7. The van der Waals surface area contributed by atoms with Gasteiger partial charge in [0.25, 0.3) is 0 Å². The van der Waals surface area contributed by atoms with Gasteiger partial charge in [-0.25, -0.2) is 4.98 Å². The summed E-state index contributed by atoms with van der Waals surface area (Å²) in [5.74, 6) is 1.62. The molecule has 0 aliphatic carbocycles. The maximum atomic E-state index is 10.7. The smallest absolute Gasteiger partial charge is 0.128 e. The summed E-state index contributed by atoms with van der Waals surface area (Å²) < 4.78 is 13.2. The number of ether oxygens (including phenoxy) is 2. The molecule has 1 aliphatic rings. The van der Waals surface area contributed by atoms with E-state index in [4.69, 9.17) is 9.47 Å². The van der Waals surface area contributed by atoms with Crippen molar-refractivity contribution in [1.82, 2.24) is 4.98 Å². The summed E-state index contributed by atoms with van der Waals surface area (Å²) in [5, 5.41) is 21.9. The molecule has 2 N–H and O–H groups in total. The van der Waals surface area contributed by atoms with Gasteiger partial charge in [0.15, 0.2) is 0 Å². The number of rotatable bonds is 5. The summed E-state index contributed by atoms with van der Waals surface area (Å²) in [5.41, 5.74) is 4.28. The third-order valence-electron chi connectivity index (χ3n) is 6.38. The van der Waals surface area contributed by atoms with E-state index in [9.17, 15) is 10.2 Å². The number of para-hydroxylation sites is 1. The summed E-state index contributed by atoms with van der Waals surface area (Å²) in [6, 6.07) is 18.6. The van der Waals surface area contributed by atoms with Crippen LogP contribution in [0.15, 0.2) is 66.2 Å². The molecule has 0 bridgehead atoms. The standard InChI is InChI=1S/C30H31NO4S/c1-29(2,3)27-26(35-17-30(27,4)5)19-13-20(32)15-21(14-19)34-16-18-10-11-22(24(33)12-18)28-31-23-8-6-7-9-25(23)36-28/h6-15,32-33H,16-17H2,1-5H3. The molecule has 0 spiro atoms. The van der Waals surface area contributed by atoms with Gasteiger partial charge in [-0.2, -0.15) is 0 Å². The van der Waals surface area contributed by atoms with E-state index in [1.807, 2.05) is 42.5 Å². The number of thiazole rings is 1. The average Bonchev–Trinajstić information content (AvgIpc) is 3.37. The van der Waals surface area contributed by atoms with Crippen LogP contribution < -0.4 is 4.74 Å². The SMILES string of the molecule is CC(C)(C)C1=C(c2cc(O)cc(OCc3ccc(-c4nc5ccccc5s4)c(O)c3)c2)OCC1(C)C. The van der Waals surface area contributed by atoms with Gasteiger partial charge in [-0.3, -0.25) is 0 Å². The van der Waals surface area contributed by atoms with Crippen molar-refractivity contribution in [2.75, 3.05) is 6.61 Å². The minimum absolute atomic E-state index is 0.0790. The molecular formula is C30H31NO4S. The molecule has 3 aromatic carbocycles. The lowest BCUT2D eigenvalue weighted by molar-refractivity contribution is 0.213. The maximum Gasteiger partial charge on any atom is 0.128 e. The fourth-order valence-corrected chi connectivity index (χ4v) is 6.09. The second-order valence-electron chi connectivity index (χ2n) is 11.0. The number of aromatic nitrogens is 1. The first-order chi connectivity index (χ1) is 17.0. The number of aromatic hydroxyl groups is 2. The quantitative estimate of drug-likeness (QED) is 0.292. The molecule has 4 aromatic rings. The van der Waals surface area contributed by atoms with Crippen molar-refractivity contribution in [3.63, 3.8) is 0 Å². The second kappa shape index (κ2) is 8.86. The normalized spacial score (nSPS) is 15.4. The molecule has 0 saturated carbocycles. The molecular weight excluding hydrogens is 470 g/mol. The van der Waals surface area contributed by atoms with Crippen LogP contribution in [0.1, 0.15) is 45.7 Å². The van der Waals surface area contributed by atoms with Gasteiger partial charge in [-0.1, -0.05) is 52.8 Å². The number of benzene rings is 3. The molecule has 5 nitrogen and oxygen atoms in total. The fraction of sp³-hybridized carbons (Fsp3) is 0.300. The number of phenolic OH excluding ortho intramolecular Hbond substituents is 2. The summed E-state index contributed by atoms with van der Waals surface area (Å²) in [4.78, 5) is 4.64. The Hall–Kier alpha value is -3.51. The molecule has 1 aliphatic heterocycles. The predicted octanol–water partition coefficient (Wildman–Crippen LogP) is 7.77. The van der Waals surface area contributed by atoms with E-state index in [1.54, 1.807) is 29.5 Å². The van der Waals surface area contributed by atoms with Crippen molar-refractivity contribution >= 4 is 27.3 Å². The van der Waals surface area contributed by atoms with Crippen molar-refractivity contribution in [2.45, 2.75) is 41.2 Å². The molecule has 36 heavy (non-hydrogen) atoms. The molecule has 0 unspecified atom stereocenters. The van der Waals surface area contributed by atoms with Crippen LogP contribution in [0, 0.1) is 10.8 Å². The van der Waals surface area contributed by atoms with E-state index >= 15 is 0 Å². The van der Waals surface area contributed by atoms with Crippen LogP contribution in [-0.4, -0.2) is 21.8 Å². The van der Waals surface area contributed by atoms with Crippen LogP contribution in [0.2, 0.25) is 0 Å². The Kier molecular flexibility index (Phi) is 5.95. The van der Waals surface area contributed by atoms with E-state index in [0.717, 1.165) is 32.1 Å². The number of hydrogen-bond donors (Lipinski definition) is 2. The van der Waals surface area contributed by atoms with Gasteiger partial charge in [0, 0.05) is 17.0 Å². The lowest BCUT2D eigenvalue weighted by Crippen LogP contribution is -2.24. The highest BCUT2D eigenvalue weighted by Crippen LogP contribution is 2.50. The van der Waals surface area contributed by atoms with Crippen molar-refractivity contribution in [3.8, 4) is 27.8 Å². The number of hydrogen-bond acceptors (Lipinski definition) is 6. The van der Waals surface area contributed by atoms with Crippen LogP contribution >= 0.6 is 11.3 Å². The van der Waals surface area contributed by atoms with E-state index in [0.29, 0.717) is 17.9 Å². The summed E-state index contributed by atoms with van der Waals surface area (Å²) in [6.07, 6.45) is 0. The Labute approximate surface area is 215 Å². The maximum absolute atomic E-state index is 10.7. The second-order valence-corrected chi connectivity index (χ2v) is 12.0. The van der Waals surface area contributed by atoms with Gasteiger partial charge in [0.1, 0.15) is 34.6 Å². The number of nitrogens with zero attached hydrogens (tertiary/aromatic N) is 1. The molecule has 0 saturated heterocycles.